The number of carbonyl (C=O) groups is 1. The Hall–Kier alpha value is -2.53. The molecular weight excluding hydrogens is 364 g/mol. The van der Waals surface area contributed by atoms with Gasteiger partial charge in [-0.2, -0.15) is 0 Å². The molecule has 3 rings (SSSR count). The van der Waals surface area contributed by atoms with Crippen LogP contribution in [0.3, 0.4) is 0 Å². The van der Waals surface area contributed by atoms with Gasteiger partial charge in [-0.15, -0.1) is 0 Å². The molecule has 1 fully saturated rings. The quantitative estimate of drug-likeness (QED) is 0.467. The minimum atomic E-state index is -0.248. The molecule has 0 amide bonds. The Balaban J connectivity index is 1.35. The van der Waals surface area contributed by atoms with Gasteiger partial charge in [0, 0.05) is 45.3 Å². The third-order valence-corrected chi connectivity index (χ3v) is 5.31. The zero-order valence-corrected chi connectivity index (χ0v) is 17.5. The molecule has 0 N–H and O–H groups in total. The van der Waals surface area contributed by atoms with Crippen molar-refractivity contribution < 1.29 is 14.3 Å². The van der Waals surface area contributed by atoms with E-state index in [1.54, 1.807) is 0 Å². The molecule has 1 aliphatic heterocycles. The lowest BCUT2D eigenvalue weighted by Gasteiger charge is -2.36. The summed E-state index contributed by atoms with van der Waals surface area (Å²) in [5, 5.41) is 0. The zero-order valence-electron chi connectivity index (χ0n) is 17.5. The Morgan fingerprint density at radius 2 is 1.69 bits per heavy atom. The Labute approximate surface area is 174 Å². The predicted molar refractivity (Wildman–Crippen MR) is 116 cm³/mol. The number of hydrogen-bond donors (Lipinski definition) is 0. The Morgan fingerprint density at radius 3 is 2.31 bits per heavy atom. The summed E-state index contributed by atoms with van der Waals surface area (Å²) in [5.41, 5.74) is 2.32. The second kappa shape index (κ2) is 10.9. The highest BCUT2D eigenvalue weighted by molar-refractivity contribution is 5.66. The first-order valence-corrected chi connectivity index (χ1v) is 10.6. The molecule has 1 aliphatic rings. The van der Waals surface area contributed by atoms with Gasteiger partial charge in [0.25, 0.3) is 0 Å². The van der Waals surface area contributed by atoms with E-state index in [9.17, 15) is 4.79 Å². The van der Waals surface area contributed by atoms with Gasteiger partial charge in [0.05, 0.1) is 6.61 Å². The predicted octanol–water partition coefficient (Wildman–Crippen LogP) is 4.29. The lowest BCUT2D eigenvalue weighted by molar-refractivity contribution is -0.146. The topological polar surface area (TPSA) is 42.0 Å². The van der Waals surface area contributed by atoms with E-state index in [0.717, 1.165) is 56.9 Å². The van der Waals surface area contributed by atoms with Crippen LogP contribution in [0.1, 0.15) is 38.4 Å². The van der Waals surface area contributed by atoms with E-state index in [2.05, 4.69) is 40.1 Å². The number of anilines is 1. The SMILES string of the molecule is CCC(OC(C)=O)c1ccc(OCCCN2CCN(c3ccccc3)CC2)cc1. The molecular formula is C24H32N2O3. The van der Waals surface area contributed by atoms with E-state index in [1.165, 1.54) is 12.6 Å². The van der Waals surface area contributed by atoms with Crippen LogP contribution in [-0.2, 0) is 9.53 Å². The molecule has 0 aromatic heterocycles. The van der Waals surface area contributed by atoms with Gasteiger partial charge >= 0.3 is 5.97 Å². The molecule has 0 spiro atoms. The third-order valence-electron chi connectivity index (χ3n) is 5.31. The lowest BCUT2D eigenvalue weighted by Crippen LogP contribution is -2.46. The number of ether oxygens (including phenoxy) is 2. The van der Waals surface area contributed by atoms with E-state index < -0.39 is 0 Å². The summed E-state index contributed by atoms with van der Waals surface area (Å²) in [6.45, 7) is 9.57. The number of para-hydroxylation sites is 1. The lowest BCUT2D eigenvalue weighted by atomic mass is 10.1. The van der Waals surface area contributed by atoms with Crippen molar-refractivity contribution in [3.63, 3.8) is 0 Å². The van der Waals surface area contributed by atoms with Gasteiger partial charge in [-0.25, -0.2) is 0 Å². The van der Waals surface area contributed by atoms with Crippen molar-refractivity contribution in [3.05, 3.63) is 60.2 Å². The molecule has 0 radical (unpaired) electrons. The third kappa shape index (κ3) is 6.50. The first-order chi connectivity index (χ1) is 14.2. The van der Waals surface area contributed by atoms with Crippen LogP contribution < -0.4 is 9.64 Å². The van der Waals surface area contributed by atoms with Crippen LogP contribution in [0.4, 0.5) is 5.69 Å². The number of esters is 1. The maximum atomic E-state index is 11.2. The molecule has 1 atom stereocenters. The van der Waals surface area contributed by atoms with E-state index >= 15 is 0 Å². The van der Waals surface area contributed by atoms with Gasteiger partial charge in [-0.05, 0) is 42.7 Å². The molecule has 29 heavy (non-hydrogen) atoms. The Bertz CT molecular complexity index is 740. The minimum Gasteiger partial charge on any atom is -0.494 e. The number of benzene rings is 2. The first-order valence-electron chi connectivity index (χ1n) is 10.6. The van der Waals surface area contributed by atoms with Crippen molar-refractivity contribution in [1.82, 2.24) is 4.90 Å². The smallest absolute Gasteiger partial charge is 0.303 e. The molecule has 5 nitrogen and oxygen atoms in total. The summed E-state index contributed by atoms with van der Waals surface area (Å²) >= 11 is 0. The van der Waals surface area contributed by atoms with Gasteiger partial charge in [0.15, 0.2) is 0 Å². The maximum Gasteiger partial charge on any atom is 0.303 e. The van der Waals surface area contributed by atoms with Gasteiger partial charge in [0.1, 0.15) is 11.9 Å². The summed E-state index contributed by atoms with van der Waals surface area (Å²) in [4.78, 5) is 16.2. The molecule has 0 aliphatic carbocycles. The number of hydrogen-bond acceptors (Lipinski definition) is 5. The summed E-state index contributed by atoms with van der Waals surface area (Å²) in [6, 6.07) is 18.5. The zero-order chi connectivity index (χ0) is 20.5. The van der Waals surface area contributed by atoms with E-state index in [4.69, 9.17) is 9.47 Å². The van der Waals surface area contributed by atoms with Crippen LogP contribution in [0, 0.1) is 0 Å². The van der Waals surface area contributed by atoms with Crippen LogP contribution in [-0.4, -0.2) is 50.2 Å². The molecule has 0 bridgehead atoms. The fraction of sp³-hybridized carbons (Fsp3) is 0.458. The minimum absolute atomic E-state index is 0.184. The van der Waals surface area contributed by atoms with E-state index in [-0.39, 0.29) is 12.1 Å². The normalized spacial score (nSPS) is 15.7. The van der Waals surface area contributed by atoms with Gasteiger partial charge in [0.2, 0.25) is 0 Å². The molecule has 5 heteroatoms. The first kappa shape index (κ1) is 21.2. The summed E-state index contributed by atoms with van der Waals surface area (Å²) < 4.78 is 11.2. The monoisotopic (exact) mass is 396 g/mol. The number of piperazine rings is 1. The Kier molecular flexibility index (Phi) is 7.94. The summed E-state index contributed by atoms with van der Waals surface area (Å²) in [6.07, 6.45) is 1.59. The van der Waals surface area contributed by atoms with Crippen molar-refractivity contribution in [3.8, 4) is 5.75 Å². The second-order valence-electron chi connectivity index (χ2n) is 7.44. The van der Waals surface area contributed by atoms with Crippen molar-refractivity contribution in [1.29, 1.82) is 0 Å². The molecule has 2 aromatic rings. The fourth-order valence-corrected chi connectivity index (χ4v) is 3.71. The molecule has 1 saturated heterocycles. The standard InChI is InChI=1S/C24H32N2O3/c1-3-24(29-20(2)27)21-10-12-23(13-11-21)28-19-7-14-25-15-17-26(18-16-25)22-8-5-4-6-9-22/h4-6,8-13,24H,3,7,14-19H2,1-2H3. The number of nitrogens with zero attached hydrogens (tertiary/aromatic N) is 2. The van der Waals surface area contributed by atoms with Crippen LogP contribution >= 0.6 is 0 Å². The Morgan fingerprint density at radius 1 is 1.00 bits per heavy atom. The van der Waals surface area contributed by atoms with Gasteiger partial charge in [-0.3, -0.25) is 9.69 Å². The van der Waals surface area contributed by atoms with Gasteiger partial charge < -0.3 is 14.4 Å². The van der Waals surface area contributed by atoms with Crippen LogP contribution in [0.25, 0.3) is 0 Å². The van der Waals surface area contributed by atoms with Crippen molar-refractivity contribution >= 4 is 11.7 Å². The van der Waals surface area contributed by atoms with Crippen LogP contribution in [0.2, 0.25) is 0 Å². The average molecular weight is 397 g/mol. The van der Waals surface area contributed by atoms with Crippen molar-refractivity contribution in [2.45, 2.75) is 32.8 Å². The highest BCUT2D eigenvalue weighted by Crippen LogP contribution is 2.23. The highest BCUT2D eigenvalue weighted by atomic mass is 16.5. The molecule has 0 saturated carbocycles. The maximum absolute atomic E-state index is 11.2. The van der Waals surface area contributed by atoms with Crippen molar-refractivity contribution in [2.75, 3.05) is 44.2 Å². The molecule has 1 heterocycles. The average Bonchev–Trinajstić information content (AvgIpc) is 2.76. The summed E-state index contributed by atoms with van der Waals surface area (Å²) in [5.74, 6) is 0.613. The number of rotatable bonds is 9. The van der Waals surface area contributed by atoms with E-state index in [1.807, 2.05) is 31.2 Å². The van der Waals surface area contributed by atoms with Crippen LogP contribution in [0.5, 0.6) is 5.75 Å². The molecule has 1 unspecified atom stereocenters. The van der Waals surface area contributed by atoms with E-state index in [0.29, 0.717) is 6.61 Å². The second-order valence-corrected chi connectivity index (χ2v) is 7.44. The molecule has 2 aromatic carbocycles. The summed E-state index contributed by atoms with van der Waals surface area (Å²) in [7, 11) is 0. The van der Waals surface area contributed by atoms with Crippen LogP contribution in [0.15, 0.2) is 54.6 Å². The molecule has 156 valence electrons. The van der Waals surface area contributed by atoms with Gasteiger partial charge in [-0.1, -0.05) is 37.3 Å². The highest BCUT2D eigenvalue weighted by Gasteiger charge is 2.16. The number of carbonyl (C=O) groups excluding carboxylic acids is 1. The van der Waals surface area contributed by atoms with Crippen molar-refractivity contribution in [2.24, 2.45) is 0 Å². The fourth-order valence-electron chi connectivity index (χ4n) is 3.71. The largest absolute Gasteiger partial charge is 0.494 e.